The Morgan fingerprint density at radius 2 is 2.31 bits per heavy atom. The van der Waals surface area contributed by atoms with Crippen LogP contribution in [0.4, 0.5) is 5.69 Å². The molecule has 0 radical (unpaired) electrons. The molecule has 0 saturated carbocycles. The molecule has 0 amide bonds. The number of rotatable bonds is 1. The Bertz CT molecular complexity index is 585. The Kier molecular flexibility index (Phi) is 1.74. The highest BCUT2D eigenvalue weighted by Crippen LogP contribution is 2.34. The van der Waals surface area contributed by atoms with E-state index in [9.17, 15) is 4.79 Å². The maximum atomic E-state index is 10.8. The molecule has 0 fully saturated rings. The van der Waals surface area contributed by atoms with Crippen molar-refractivity contribution >= 4 is 22.6 Å². The van der Waals surface area contributed by atoms with Crippen molar-refractivity contribution < 1.29 is 14.3 Å². The smallest absolute Gasteiger partial charge is 0.371 e. The SMILES string of the molecule is CN1CCc2c1ccc1oc(C(=O)O)cc21. The third kappa shape index (κ3) is 1.13. The fraction of sp³-hybridized carbons (Fsp3) is 0.250. The third-order valence-corrected chi connectivity index (χ3v) is 3.11. The largest absolute Gasteiger partial charge is 0.475 e. The molecule has 1 aliphatic rings. The van der Waals surface area contributed by atoms with Crippen molar-refractivity contribution in [3.05, 3.63) is 29.5 Å². The molecule has 82 valence electrons. The molecule has 0 atom stereocenters. The number of carboxylic acid groups (broad SMARTS) is 1. The minimum absolute atomic E-state index is 0.0120. The standard InChI is InChI=1S/C12H11NO3/c1-13-5-4-7-8-6-11(12(14)15)16-10(8)3-2-9(7)13/h2-3,6H,4-5H2,1H3,(H,14,15). The predicted molar refractivity (Wildman–Crippen MR) is 60.1 cm³/mol. The van der Waals surface area contributed by atoms with Crippen LogP contribution in [0.5, 0.6) is 0 Å². The molecule has 1 aliphatic heterocycles. The van der Waals surface area contributed by atoms with E-state index in [1.807, 2.05) is 19.2 Å². The van der Waals surface area contributed by atoms with E-state index in [4.69, 9.17) is 9.52 Å². The van der Waals surface area contributed by atoms with Gasteiger partial charge < -0.3 is 14.4 Å². The summed E-state index contributed by atoms with van der Waals surface area (Å²) in [4.78, 5) is 13.0. The van der Waals surface area contributed by atoms with Gasteiger partial charge in [-0.15, -0.1) is 0 Å². The molecular formula is C12H11NO3. The number of hydrogen-bond donors (Lipinski definition) is 1. The molecule has 0 aliphatic carbocycles. The molecule has 4 nitrogen and oxygen atoms in total. The summed E-state index contributed by atoms with van der Waals surface area (Å²) < 4.78 is 5.27. The monoisotopic (exact) mass is 217 g/mol. The second-order valence-corrected chi connectivity index (χ2v) is 4.06. The van der Waals surface area contributed by atoms with Gasteiger partial charge in [0.15, 0.2) is 0 Å². The van der Waals surface area contributed by atoms with Crippen LogP contribution in [-0.2, 0) is 6.42 Å². The molecular weight excluding hydrogens is 206 g/mol. The Hall–Kier alpha value is -1.97. The van der Waals surface area contributed by atoms with Crippen LogP contribution in [0.3, 0.4) is 0 Å². The van der Waals surface area contributed by atoms with E-state index in [0.29, 0.717) is 5.58 Å². The van der Waals surface area contributed by atoms with Crippen molar-refractivity contribution in [1.29, 1.82) is 0 Å². The summed E-state index contributed by atoms with van der Waals surface area (Å²) in [6.07, 6.45) is 0.946. The van der Waals surface area contributed by atoms with Crippen molar-refractivity contribution in [2.75, 3.05) is 18.5 Å². The van der Waals surface area contributed by atoms with Gasteiger partial charge >= 0.3 is 5.97 Å². The molecule has 0 bridgehead atoms. The Morgan fingerprint density at radius 3 is 3.06 bits per heavy atom. The minimum Gasteiger partial charge on any atom is -0.475 e. The van der Waals surface area contributed by atoms with Gasteiger partial charge in [0.25, 0.3) is 0 Å². The molecule has 2 heterocycles. The van der Waals surface area contributed by atoms with Crippen LogP contribution >= 0.6 is 0 Å². The van der Waals surface area contributed by atoms with Crippen LogP contribution in [0.25, 0.3) is 11.0 Å². The van der Waals surface area contributed by atoms with E-state index in [-0.39, 0.29) is 5.76 Å². The predicted octanol–water partition coefficient (Wildman–Crippen LogP) is 2.12. The molecule has 2 aromatic rings. The summed E-state index contributed by atoms with van der Waals surface area (Å²) in [5.74, 6) is -1.01. The first-order valence-corrected chi connectivity index (χ1v) is 5.16. The van der Waals surface area contributed by atoms with Crippen LogP contribution in [-0.4, -0.2) is 24.7 Å². The van der Waals surface area contributed by atoms with Crippen LogP contribution in [0.15, 0.2) is 22.6 Å². The molecule has 1 N–H and O–H groups in total. The molecule has 16 heavy (non-hydrogen) atoms. The number of benzene rings is 1. The molecule has 1 aromatic carbocycles. The van der Waals surface area contributed by atoms with E-state index in [1.165, 1.54) is 11.3 Å². The molecule has 0 spiro atoms. The summed E-state index contributed by atoms with van der Waals surface area (Å²) >= 11 is 0. The second kappa shape index (κ2) is 3.01. The van der Waals surface area contributed by atoms with Gasteiger partial charge in [0.05, 0.1) is 0 Å². The Balaban J connectivity index is 2.29. The fourth-order valence-electron chi connectivity index (χ4n) is 2.28. The van der Waals surface area contributed by atoms with E-state index < -0.39 is 5.97 Å². The minimum atomic E-state index is -1.02. The van der Waals surface area contributed by atoms with E-state index in [1.54, 1.807) is 6.07 Å². The molecule has 3 rings (SSSR count). The zero-order valence-electron chi connectivity index (χ0n) is 8.86. The van der Waals surface area contributed by atoms with Crippen molar-refractivity contribution in [1.82, 2.24) is 0 Å². The number of carbonyl (C=O) groups is 1. The average molecular weight is 217 g/mol. The fourth-order valence-corrected chi connectivity index (χ4v) is 2.28. The quantitative estimate of drug-likeness (QED) is 0.795. The van der Waals surface area contributed by atoms with Gasteiger partial charge in [-0.05, 0) is 30.2 Å². The zero-order chi connectivity index (χ0) is 11.3. The lowest BCUT2D eigenvalue weighted by molar-refractivity contribution is 0.0665. The number of carboxylic acids is 1. The van der Waals surface area contributed by atoms with Gasteiger partial charge in [0.2, 0.25) is 5.76 Å². The van der Waals surface area contributed by atoms with Crippen LogP contribution in [0.1, 0.15) is 16.1 Å². The number of hydrogen-bond acceptors (Lipinski definition) is 3. The number of likely N-dealkylation sites (N-methyl/N-ethyl adjacent to an activating group) is 1. The first-order chi connectivity index (χ1) is 7.66. The summed E-state index contributed by atoms with van der Waals surface area (Å²) in [5, 5.41) is 9.81. The number of nitrogens with zero attached hydrogens (tertiary/aromatic N) is 1. The van der Waals surface area contributed by atoms with Crippen molar-refractivity contribution in [3.8, 4) is 0 Å². The number of aromatic carboxylic acids is 1. The van der Waals surface area contributed by atoms with E-state index in [2.05, 4.69) is 4.90 Å². The van der Waals surface area contributed by atoms with Crippen LogP contribution in [0, 0.1) is 0 Å². The van der Waals surface area contributed by atoms with Gasteiger partial charge in [0.1, 0.15) is 5.58 Å². The Morgan fingerprint density at radius 1 is 1.50 bits per heavy atom. The lowest BCUT2D eigenvalue weighted by atomic mass is 10.1. The molecule has 4 heteroatoms. The van der Waals surface area contributed by atoms with Crippen LogP contribution < -0.4 is 4.90 Å². The number of furan rings is 1. The maximum Gasteiger partial charge on any atom is 0.371 e. The van der Waals surface area contributed by atoms with Crippen molar-refractivity contribution in [2.45, 2.75) is 6.42 Å². The molecule has 1 aromatic heterocycles. The highest BCUT2D eigenvalue weighted by atomic mass is 16.4. The highest BCUT2D eigenvalue weighted by Gasteiger charge is 2.21. The van der Waals surface area contributed by atoms with E-state index >= 15 is 0 Å². The van der Waals surface area contributed by atoms with Gasteiger partial charge in [-0.3, -0.25) is 0 Å². The highest BCUT2D eigenvalue weighted by molar-refractivity contribution is 5.95. The first kappa shape index (κ1) is 9.27. The number of anilines is 1. The zero-order valence-corrected chi connectivity index (χ0v) is 8.86. The summed E-state index contributed by atoms with van der Waals surface area (Å²) in [5.41, 5.74) is 3.02. The molecule has 0 saturated heterocycles. The normalized spacial score (nSPS) is 14.4. The number of fused-ring (bicyclic) bond motifs is 3. The van der Waals surface area contributed by atoms with Crippen molar-refractivity contribution in [3.63, 3.8) is 0 Å². The van der Waals surface area contributed by atoms with E-state index in [0.717, 1.165) is 18.4 Å². The van der Waals surface area contributed by atoms with Gasteiger partial charge in [-0.25, -0.2) is 4.79 Å². The van der Waals surface area contributed by atoms with Gasteiger partial charge in [-0.2, -0.15) is 0 Å². The lowest BCUT2D eigenvalue weighted by Gasteiger charge is -2.10. The second-order valence-electron chi connectivity index (χ2n) is 4.06. The first-order valence-electron chi connectivity index (χ1n) is 5.16. The topological polar surface area (TPSA) is 53.7 Å². The summed E-state index contributed by atoms with van der Waals surface area (Å²) in [6, 6.07) is 5.44. The Labute approximate surface area is 92.1 Å². The maximum absolute atomic E-state index is 10.8. The van der Waals surface area contributed by atoms with Gasteiger partial charge in [0, 0.05) is 24.7 Å². The average Bonchev–Trinajstić information content (AvgIpc) is 2.81. The third-order valence-electron chi connectivity index (χ3n) is 3.11. The summed E-state index contributed by atoms with van der Waals surface area (Å²) in [7, 11) is 2.04. The van der Waals surface area contributed by atoms with Crippen molar-refractivity contribution in [2.24, 2.45) is 0 Å². The summed E-state index contributed by atoms with van der Waals surface area (Å²) in [6.45, 7) is 0.974. The van der Waals surface area contributed by atoms with Crippen LogP contribution in [0.2, 0.25) is 0 Å². The molecule has 0 unspecified atom stereocenters. The van der Waals surface area contributed by atoms with Gasteiger partial charge in [-0.1, -0.05) is 0 Å². The lowest BCUT2D eigenvalue weighted by Crippen LogP contribution is -2.12.